The molecule has 2 aromatic rings. The predicted octanol–water partition coefficient (Wildman–Crippen LogP) is 2.33. The molecule has 0 saturated carbocycles. The Kier molecular flexibility index (Phi) is 3.58. The number of nitro groups is 1. The number of nitrogens with zero attached hydrogens (tertiary/aromatic N) is 2. The molecule has 0 aliphatic rings. The Morgan fingerprint density at radius 1 is 1.26 bits per heavy atom. The number of aromatic nitrogens is 1. The highest BCUT2D eigenvalue weighted by Gasteiger charge is 2.16. The summed E-state index contributed by atoms with van der Waals surface area (Å²) in [7, 11) is 0. The highest BCUT2D eigenvalue weighted by atomic mass is 16.6. The van der Waals surface area contributed by atoms with Crippen molar-refractivity contribution in [3.8, 4) is 0 Å². The molecular formula is C12H13N5O2. The van der Waals surface area contributed by atoms with Crippen LogP contribution in [-0.4, -0.2) is 9.91 Å². The molecular weight excluding hydrogens is 246 g/mol. The molecule has 1 aromatic carbocycles. The average Bonchev–Trinajstić information content (AvgIpc) is 2.41. The molecule has 0 saturated heterocycles. The molecule has 1 heterocycles. The number of aryl methyl sites for hydroxylation is 1. The number of nitrogens with two attached hydrogens (primary N) is 1. The number of rotatable bonds is 4. The van der Waals surface area contributed by atoms with Crippen LogP contribution < -0.4 is 16.6 Å². The maximum atomic E-state index is 11.0. The van der Waals surface area contributed by atoms with Crippen molar-refractivity contribution < 1.29 is 4.92 Å². The number of hydrazine groups is 1. The van der Waals surface area contributed by atoms with E-state index < -0.39 is 4.92 Å². The summed E-state index contributed by atoms with van der Waals surface area (Å²) in [4.78, 5) is 14.5. The summed E-state index contributed by atoms with van der Waals surface area (Å²) >= 11 is 0. The second kappa shape index (κ2) is 5.32. The molecule has 2 rings (SSSR count). The van der Waals surface area contributed by atoms with Gasteiger partial charge in [0.05, 0.1) is 4.92 Å². The number of anilines is 3. The SMILES string of the molecule is Cc1ccccc1Nc1nc(NN)ccc1[N+](=O)[O-]. The van der Waals surface area contributed by atoms with Crippen LogP contribution in [0.3, 0.4) is 0 Å². The van der Waals surface area contributed by atoms with Crippen LogP contribution in [0.25, 0.3) is 0 Å². The summed E-state index contributed by atoms with van der Waals surface area (Å²) in [6.07, 6.45) is 0. The van der Waals surface area contributed by atoms with Crippen LogP contribution in [0.4, 0.5) is 23.0 Å². The van der Waals surface area contributed by atoms with Crippen molar-refractivity contribution in [2.24, 2.45) is 5.84 Å². The van der Waals surface area contributed by atoms with Gasteiger partial charge in [-0.1, -0.05) is 18.2 Å². The summed E-state index contributed by atoms with van der Waals surface area (Å²) in [5.74, 6) is 5.75. The van der Waals surface area contributed by atoms with Crippen LogP contribution in [0.5, 0.6) is 0 Å². The van der Waals surface area contributed by atoms with Crippen LogP contribution in [0.1, 0.15) is 5.56 Å². The molecule has 19 heavy (non-hydrogen) atoms. The fourth-order valence-electron chi connectivity index (χ4n) is 1.61. The van der Waals surface area contributed by atoms with E-state index in [0.29, 0.717) is 5.82 Å². The lowest BCUT2D eigenvalue weighted by Crippen LogP contribution is -2.10. The van der Waals surface area contributed by atoms with Crippen molar-refractivity contribution >= 4 is 23.0 Å². The Hall–Kier alpha value is -2.67. The van der Waals surface area contributed by atoms with Gasteiger partial charge < -0.3 is 10.7 Å². The second-order valence-corrected chi connectivity index (χ2v) is 3.91. The van der Waals surface area contributed by atoms with Gasteiger partial charge >= 0.3 is 5.69 Å². The summed E-state index contributed by atoms with van der Waals surface area (Å²) in [5, 5.41) is 13.9. The van der Waals surface area contributed by atoms with Crippen molar-refractivity contribution in [2.45, 2.75) is 6.92 Å². The highest BCUT2D eigenvalue weighted by molar-refractivity contribution is 5.69. The van der Waals surface area contributed by atoms with Crippen molar-refractivity contribution in [1.82, 2.24) is 4.98 Å². The topological polar surface area (TPSA) is 106 Å². The average molecular weight is 259 g/mol. The van der Waals surface area contributed by atoms with Crippen molar-refractivity contribution in [3.05, 3.63) is 52.1 Å². The van der Waals surface area contributed by atoms with Gasteiger partial charge in [0.15, 0.2) is 0 Å². The van der Waals surface area contributed by atoms with Gasteiger partial charge in [-0.25, -0.2) is 10.8 Å². The van der Waals surface area contributed by atoms with Gasteiger partial charge in [-0.2, -0.15) is 0 Å². The lowest BCUT2D eigenvalue weighted by atomic mass is 10.2. The molecule has 0 radical (unpaired) electrons. The van der Waals surface area contributed by atoms with E-state index in [1.54, 1.807) is 0 Å². The third-order valence-electron chi connectivity index (χ3n) is 2.62. The summed E-state index contributed by atoms with van der Waals surface area (Å²) in [5.41, 5.74) is 3.97. The standard InChI is InChI=1S/C12H13N5O2/c1-8-4-2-3-5-9(8)14-12-10(17(18)19)6-7-11(15-12)16-13/h2-7H,13H2,1H3,(H2,14,15,16). The van der Waals surface area contributed by atoms with E-state index in [1.165, 1.54) is 12.1 Å². The van der Waals surface area contributed by atoms with Gasteiger partial charge in [0.1, 0.15) is 5.82 Å². The lowest BCUT2D eigenvalue weighted by molar-refractivity contribution is -0.384. The van der Waals surface area contributed by atoms with E-state index in [0.717, 1.165) is 11.3 Å². The quantitative estimate of drug-likeness (QED) is 0.442. The van der Waals surface area contributed by atoms with Crippen molar-refractivity contribution in [3.63, 3.8) is 0 Å². The largest absolute Gasteiger partial charge is 0.334 e. The van der Waals surface area contributed by atoms with E-state index >= 15 is 0 Å². The molecule has 0 fully saturated rings. The maximum Gasteiger partial charge on any atom is 0.311 e. The first-order valence-corrected chi connectivity index (χ1v) is 5.56. The van der Waals surface area contributed by atoms with Gasteiger partial charge in [0.2, 0.25) is 5.82 Å². The van der Waals surface area contributed by atoms with Gasteiger partial charge in [-0.15, -0.1) is 0 Å². The minimum atomic E-state index is -0.492. The molecule has 1 aromatic heterocycles. The number of nitrogen functional groups attached to an aromatic ring is 1. The summed E-state index contributed by atoms with van der Waals surface area (Å²) in [6, 6.07) is 10.2. The van der Waals surface area contributed by atoms with Crippen molar-refractivity contribution in [1.29, 1.82) is 0 Å². The molecule has 0 amide bonds. The van der Waals surface area contributed by atoms with E-state index in [2.05, 4.69) is 15.7 Å². The van der Waals surface area contributed by atoms with Gasteiger partial charge in [0.25, 0.3) is 0 Å². The number of benzene rings is 1. The first-order valence-electron chi connectivity index (χ1n) is 5.56. The zero-order valence-electron chi connectivity index (χ0n) is 10.3. The molecule has 0 aliphatic carbocycles. The predicted molar refractivity (Wildman–Crippen MR) is 73.2 cm³/mol. The fourth-order valence-corrected chi connectivity index (χ4v) is 1.61. The van der Waals surface area contributed by atoms with Crippen LogP contribution in [0.15, 0.2) is 36.4 Å². The van der Waals surface area contributed by atoms with Crippen molar-refractivity contribution in [2.75, 3.05) is 10.7 Å². The maximum absolute atomic E-state index is 11.0. The van der Waals surface area contributed by atoms with E-state index in [9.17, 15) is 10.1 Å². The summed E-state index contributed by atoms with van der Waals surface area (Å²) < 4.78 is 0. The lowest BCUT2D eigenvalue weighted by Gasteiger charge is -2.10. The summed E-state index contributed by atoms with van der Waals surface area (Å²) in [6.45, 7) is 1.90. The Balaban J connectivity index is 2.43. The molecule has 0 aliphatic heterocycles. The molecule has 0 atom stereocenters. The molecule has 0 spiro atoms. The van der Waals surface area contributed by atoms with Crippen LogP contribution in [0, 0.1) is 17.0 Å². The number of hydrogen-bond donors (Lipinski definition) is 3. The molecule has 0 unspecified atom stereocenters. The normalized spacial score (nSPS) is 10.0. The highest BCUT2D eigenvalue weighted by Crippen LogP contribution is 2.28. The monoisotopic (exact) mass is 259 g/mol. The fraction of sp³-hybridized carbons (Fsp3) is 0.0833. The Morgan fingerprint density at radius 2 is 2.00 bits per heavy atom. The van der Waals surface area contributed by atoms with E-state index in [-0.39, 0.29) is 11.5 Å². The molecule has 7 heteroatoms. The number of nitrogens with one attached hydrogen (secondary N) is 2. The minimum absolute atomic E-state index is 0.109. The minimum Gasteiger partial charge on any atom is -0.334 e. The molecule has 0 bridgehead atoms. The van der Waals surface area contributed by atoms with E-state index in [4.69, 9.17) is 5.84 Å². The zero-order chi connectivity index (χ0) is 13.8. The first kappa shape index (κ1) is 12.8. The molecule has 98 valence electrons. The Bertz CT molecular complexity index is 615. The molecule has 4 N–H and O–H groups in total. The third kappa shape index (κ3) is 2.78. The first-order chi connectivity index (χ1) is 9.11. The van der Waals surface area contributed by atoms with Gasteiger partial charge in [-0.05, 0) is 24.6 Å². The van der Waals surface area contributed by atoms with Crippen LogP contribution in [-0.2, 0) is 0 Å². The number of hydrogen-bond acceptors (Lipinski definition) is 6. The Morgan fingerprint density at radius 3 is 2.63 bits per heavy atom. The van der Waals surface area contributed by atoms with Crippen LogP contribution in [0.2, 0.25) is 0 Å². The van der Waals surface area contributed by atoms with E-state index in [1.807, 2.05) is 31.2 Å². The zero-order valence-corrected chi connectivity index (χ0v) is 10.3. The molecule has 7 nitrogen and oxygen atoms in total. The number of para-hydroxylation sites is 1. The van der Waals surface area contributed by atoms with Gasteiger partial charge in [0, 0.05) is 11.8 Å². The number of pyridine rings is 1. The Labute approximate surface area is 109 Å². The van der Waals surface area contributed by atoms with Crippen LogP contribution >= 0.6 is 0 Å². The van der Waals surface area contributed by atoms with Gasteiger partial charge in [-0.3, -0.25) is 10.1 Å². The smallest absolute Gasteiger partial charge is 0.311 e. The third-order valence-corrected chi connectivity index (χ3v) is 2.62. The second-order valence-electron chi connectivity index (χ2n) is 3.91.